The fourth-order valence-corrected chi connectivity index (χ4v) is 3.43. The SMILES string of the molecule is CC(C)(C)NCC1(c2ccccc2Cl)CCCCC1. The lowest BCUT2D eigenvalue weighted by atomic mass is 9.69. The van der Waals surface area contributed by atoms with Crippen LogP contribution in [0.15, 0.2) is 24.3 Å². The summed E-state index contributed by atoms with van der Waals surface area (Å²) in [5, 5.41) is 4.63. The van der Waals surface area contributed by atoms with Crippen molar-refractivity contribution in [1.29, 1.82) is 0 Å². The largest absolute Gasteiger partial charge is 0.311 e. The Balaban J connectivity index is 2.27. The molecule has 0 unspecified atom stereocenters. The fraction of sp³-hybridized carbons (Fsp3) is 0.647. The van der Waals surface area contributed by atoms with Crippen LogP contribution in [0.1, 0.15) is 58.4 Å². The number of benzene rings is 1. The molecule has 2 heteroatoms. The minimum Gasteiger partial charge on any atom is -0.311 e. The summed E-state index contributed by atoms with van der Waals surface area (Å²) in [6.45, 7) is 7.72. The van der Waals surface area contributed by atoms with E-state index in [0.29, 0.717) is 0 Å². The monoisotopic (exact) mass is 279 g/mol. The summed E-state index contributed by atoms with van der Waals surface area (Å²) in [6, 6.07) is 8.40. The summed E-state index contributed by atoms with van der Waals surface area (Å²) in [5.41, 5.74) is 1.73. The van der Waals surface area contributed by atoms with Crippen LogP contribution >= 0.6 is 11.6 Å². The zero-order valence-electron chi connectivity index (χ0n) is 12.4. The Labute approximate surface area is 122 Å². The first-order valence-electron chi connectivity index (χ1n) is 7.43. The van der Waals surface area contributed by atoms with E-state index in [-0.39, 0.29) is 11.0 Å². The van der Waals surface area contributed by atoms with Crippen LogP contribution in [0.4, 0.5) is 0 Å². The molecule has 1 saturated carbocycles. The summed E-state index contributed by atoms with van der Waals surface area (Å²) in [4.78, 5) is 0. The molecule has 0 saturated heterocycles. The Morgan fingerprint density at radius 3 is 2.32 bits per heavy atom. The van der Waals surface area contributed by atoms with Crippen LogP contribution in [0.25, 0.3) is 0 Å². The summed E-state index contributed by atoms with van der Waals surface area (Å²) in [6.07, 6.45) is 6.50. The van der Waals surface area contributed by atoms with Crippen LogP contribution in [-0.2, 0) is 5.41 Å². The molecule has 1 aliphatic carbocycles. The van der Waals surface area contributed by atoms with Gasteiger partial charge in [0.1, 0.15) is 0 Å². The van der Waals surface area contributed by atoms with Crippen LogP contribution in [-0.4, -0.2) is 12.1 Å². The number of halogens is 1. The second kappa shape index (κ2) is 5.85. The molecule has 1 aliphatic rings. The Hall–Kier alpha value is -0.530. The van der Waals surface area contributed by atoms with Crippen LogP contribution in [0.2, 0.25) is 5.02 Å². The van der Waals surface area contributed by atoms with Gasteiger partial charge in [0.05, 0.1) is 0 Å². The van der Waals surface area contributed by atoms with E-state index in [1.807, 2.05) is 12.1 Å². The van der Waals surface area contributed by atoms with E-state index in [0.717, 1.165) is 11.6 Å². The zero-order chi connectivity index (χ0) is 13.9. The van der Waals surface area contributed by atoms with Gasteiger partial charge in [-0.25, -0.2) is 0 Å². The van der Waals surface area contributed by atoms with E-state index in [2.05, 4.69) is 38.2 Å². The van der Waals surface area contributed by atoms with Crippen molar-refractivity contribution in [2.24, 2.45) is 0 Å². The van der Waals surface area contributed by atoms with Crippen molar-refractivity contribution in [3.63, 3.8) is 0 Å². The molecular formula is C17H26ClN. The number of nitrogens with one attached hydrogen (secondary N) is 1. The summed E-state index contributed by atoms with van der Waals surface area (Å²) in [7, 11) is 0. The van der Waals surface area contributed by atoms with Crippen molar-refractivity contribution in [1.82, 2.24) is 5.32 Å². The molecule has 0 heterocycles. The Morgan fingerprint density at radius 1 is 1.11 bits per heavy atom. The van der Waals surface area contributed by atoms with Gasteiger partial charge in [-0.15, -0.1) is 0 Å². The molecule has 19 heavy (non-hydrogen) atoms. The Kier molecular flexibility index (Phi) is 4.58. The highest BCUT2D eigenvalue weighted by Crippen LogP contribution is 2.42. The lowest BCUT2D eigenvalue weighted by molar-refractivity contribution is 0.254. The predicted molar refractivity (Wildman–Crippen MR) is 84.0 cm³/mol. The van der Waals surface area contributed by atoms with Crippen molar-refractivity contribution in [2.45, 2.75) is 63.8 Å². The molecule has 0 amide bonds. The minimum atomic E-state index is 0.158. The van der Waals surface area contributed by atoms with Gasteiger partial charge in [0, 0.05) is 22.5 Å². The lowest BCUT2D eigenvalue weighted by Crippen LogP contribution is -2.47. The lowest BCUT2D eigenvalue weighted by Gasteiger charge is -2.40. The molecular weight excluding hydrogens is 254 g/mol. The maximum Gasteiger partial charge on any atom is 0.0444 e. The molecule has 2 rings (SSSR count). The highest BCUT2D eigenvalue weighted by Gasteiger charge is 2.35. The van der Waals surface area contributed by atoms with E-state index in [4.69, 9.17) is 11.6 Å². The minimum absolute atomic E-state index is 0.158. The highest BCUT2D eigenvalue weighted by atomic mass is 35.5. The predicted octanol–water partition coefficient (Wildman–Crippen LogP) is 4.93. The summed E-state index contributed by atoms with van der Waals surface area (Å²) < 4.78 is 0. The topological polar surface area (TPSA) is 12.0 Å². The fourth-order valence-electron chi connectivity index (χ4n) is 3.10. The van der Waals surface area contributed by atoms with Crippen LogP contribution in [0.3, 0.4) is 0 Å². The Bertz CT molecular complexity index is 414. The van der Waals surface area contributed by atoms with E-state index in [9.17, 15) is 0 Å². The van der Waals surface area contributed by atoms with Gasteiger partial charge in [-0.1, -0.05) is 49.1 Å². The van der Waals surface area contributed by atoms with Gasteiger partial charge in [0.25, 0.3) is 0 Å². The molecule has 1 aromatic rings. The third-order valence-corrected chi connectivity index (χ3v) is 4.54. The molecule has 0 bridgehead atoms. The number of rotatable bonds is 3. The maximum absolute atomic E-state index is 6.47. The number of hydrogen-bond acceptors (Lipinski definition) is 1. The normalized spacial score (nSPS) is 19.4. The molecule has 0 aromatic heterocycles. The van der Waals surface area contributed by atoms with Crippen molar-refractivity contribution in [3.8, 4) is 0 Å². The molecule has 0 aliphatic heterocycles. The van der Waals surface area contributed by atoms with Crippen molar-refractivity contribution in [3.05, 3.63) is 34.9 Å². The van der Waals surface area contributed by atoms with Gasteiger partial charge in [0.15, 0.2) is 0 Å². The van der Waals surface area contributed by atoms with E-state index >= 15 is 0 Å². The first-order valence-corrected chi connectivity index (χ1v) is 7.81. The van der Waals surface area contributed by atoms with Gasteiger partial charge in [-0.3, -0.25) is 0 Å². The number of hydrogen-bond donors (Lipinski definition) is 1. The quantitative estimate of drug-likeness (QED) is 0.827. The van der Waals surface area contributed by atoms with Crippen molar-refractivity contribution in [2.75, 3.05) is 6.54 Å². The molecule has 0 radical (unpaired) electrons. The highest BCUT2D eigenvalue weighted by molar-refractivity contribution is 6.31. The maximum atomic E-state index is 6.47. The van der Waals surface area contributed by atoms with Gasteiger partial charge in [-0.05, 0) is 45.2 Å². The second-order valence-electron chi connectivity index (χ2n) is 6.92. The average molecular weight is 280 g/mol. The molecule has 1 fully saturated rings. The standard InChI is InChI=1S/C17H26ClN/c1-16(2,3)19-13-17(11-7-4-8-12-17)14-9-5-6-10-15(14)18/h5-6,9-10,19H,4,7-8,11-13H2,1-3H3. The van der Waals surface area contributed by atoms with Crippen LogP contribution < -0.4 is 5.32 Å². The molecule has 1 N–H and O–H groups in total. The first-order chi connectivity index (χ1) is 8.93. The van der Waals surface area contributed by atoms with E-state index in [1.165, 1.54) is 37.7 Å². The van der Waals surface area contributed by atoms with Gasteiger partial charge in [-0.2, -0.15) is 0 Å². The van der Waals surface area contributed by atoms with Gasteiger partial charge >= 0.3 is 0 Å². The third-order valence-electron chi connectivity index (χ3n) is 4.21. The van der Waals surface area contributed by atoms with Crippen molar-refractivity contribution < 1.29 is 0 Å². The van der Waals surface area contributed by atoms with Crippen molar-refractivity contribution >= 4 is 11.6 Å². The molecule has 0 spiro atoms. The zero-order valence-corrected chi connectivity index (χ0v) is 13.2. The molecule has 106 valence electrons. The average Bonchev–Trinajstić information content (AvgIpc) is 2.37. The first kappa shape index (κ1) is 14.9. The van der Waals surface area contributed by atoms with Crippen LogP contribution in [0, 0.1) is 0 Å². The van der Waals surface area contributed by atoms with Gasteiger partial charge < -0.3 is 5.32 Å². The second-order valence-corrected chi connectivity index (χ2v) is 7.33. The van der Waals surface area contributed by atoms with Crippen LogP contribution in [0.5, 0.6) is 0 Å². The Morgan fingerprint density at radius 2 is 1.74 bits per heavy atom. The summed E-state index contributed by atoms with van der Waals surface area (Å²) in [5.74, 6) is 0. The molecule has 1 aromatic carbocycles. The summed E-state index contributed by atoms with van der Waals surface area (Å²) >= 11 is 6.47. The van der Waals surface area contributed by atoms with E-state index in [1.54, 1.807) is 0 Å². The smallest absolute Gasteiger partial charge is 0.0444 e. The third kappa shape index (κ3) is 3.73. The van der Waals surface area contributed by atoms with E-state index < -0.39 is 0 Å². The molecule has 0 atom stereocenters. The molecule has 1 nitrogen and oxygen atoms in total. The van der Waals surface area contributed by atoms with Gasteiger partial charge in [0.2, 0.25) is 0 Å².